The van der Waals surface area contributed by atoms with Gasteiger partial charge < -0.3 is 9.84 Å². The van der Waals surface area contributed by atoms with Gasteiger partial charge in [-0.05, 0) is 26.3 Å². The molecule has 5 nitrogen and oxygen atoms in total. The van der Waals surface area contributed by atoms with Crippen molar-refractivity contribution in [2.75, 3.05) is 20.2 Å². The maximum absolute atomic E-state index is 10.8. The third kappa shape index (κ3) is 3.07. The first kappa shape index (κ1) is 13.5. The summed E-state index contributed by atoms with van der Waals surface area (Å²) in [5, 5.41) is 10.8. The molecule has 1 fully saturated rings. The molecule has 6 heteroatoms. The molecule has 18 heavy (non-hydrogen) atoms. The Labute approximate surface area is 110 Å². The minimum Gasteiger partial charge on any atom is -0.476 e. The number of hydrogen-bond acceptors (Lipinski definition) is 5. The number of carbonyl (C=O) groups is 1. The van der Waals surface area contributed by atoms with Crippen LogP contribution in [0.1, 0.15) is 35.3 Å². The van der Waals surface area contributed by atoms with E-state index in [-0.39, 0.29) is 10.6 Å². The van der Waals surface area contributed by atoms with E-state index >= 15 is 0 Å². The Morgan fingerprint density at radius 3 is 3.11 bits per heavy atom. The SMILES string of the molecule is COC1(C)CCCN(Cc2csc(C(=O)O)n2)C1. The molecule has 100 valence electrons. The van der Waals surface area contributed by atoms with Crippen molar-refractivity contribution in [3.63, 3.8) is 0 Å². The number of carboxylic acids is 1. The molecular weight excluding hydrogens is 252 g/mol. The van der Waals surface area contributed by atoms with Gasteiger partial charge in [-0.1, -0.05) is 0 Å². The van der Waals surface area contributed by atoms with Gasteiger partial charge in [-0.3, -0.25) is 4.90 Å². The van der Waals surface area contributed by atoms with Crippen molar-refractivity contribution in [1.29, 1.82) is 0 Å². The number of rotatable bonds is 4. The van der Waals surface area contributed by atoms with Crippen molar-refractivity contribution >= 4 is 17.3 Å². The summed E-state index contributed by atoms with van der Waals surface area (Å²) in [4.78, 5) is 17.2. The molecule has 2 heterocycles. The Balaban J connectivity index is 1.98. The molecule has 1 aliphatic rings. The van der Waals surface area contributed by atoms with Crippen molar-refractivity contribution in [2.45, 2.75) is 31.9 Å². The van der Waals surface area contributed by atoms with Crippen LogP contribution in [0.3, 0.4) is 0 Å². The van der Waals surface area contributed by atoms with Gasteiger partial charge in [0.2, 0.25) is 5.01 Å². The van der Waals surface area contributed by atoms with Gasteiger partial charge in [-0.25, -0.2) is 9.78 Å². The van der Waals surface area contributed by atoms with Crippen molar-refractivity contribution in [3.05, 3.63) is 16.1 Å². The van der Waals surface area contributed by atoms with Crippen molar-refractivity contribution < 1.29 is 14.6 Å². The summed E-state index contributed by atoms with van der Waals surface area (Å²) in [7, 11) is 1.74. The van der Waals surface area contributed by atoms with Crippen LogP contribution < -0.4 is 0 Å². The zero-order valence-electron chi connectivity index (χ0n) is 10.7. The fourth-order valence-electron chi connectivity index (χ4n) is 2.32. The summed E-state index contributed by atoms with van der Waals surface area (Å²) in [5.41, 5.74) is 0.738. The van der Waals surface area contributed by atoms with E-state index in [2.05, 4.69) is 16.8 Å². The van der Waals surface area contributed by atoms with Gasteiger partial charge >= 0.3 is 5.97 Å². The van der Waals surface area contributed by atoms with Crippen LogP contribution in [0.4, 0.5) is 0 Å². The quantitative estimate of drug-likeness (QED) is 0.904. The molecule has 1 aromatic rings. The van der Waals surface area contributed by atoms with E-state index in [0.29, 0.717) is 6.54 Å². The topological polar surface area (TPSA) is 62.7 Å². The highest BCUT2D eigenvalue weighted by atomic mass is 32.1. The molecule has 0 bridgehead atoms. The highest BCUT2D eigenvalue weighted by molar-refractivity contribution is 7.11. The molecule has 0 aromatic carbocycles. The Hall–Kier alpha value is -0.980. The molecule has 1 N–H and O–H groups in total. The first-order valence-electron chi connectivity index (χ1n) is 5.98. The lowest BCUT2D eigenvalue weighted by Crippen LogP contribution is -2.46. The second kappa shape index (κ2) is 5.34. The van der Waals surface area contributed by atoms with E-state index in [4.69, 9.17) is 9.84 Å². The average molecular weight is 270 g/mol. The van der Waals surface area contributed by atoms with E-state index in [0.717, 1.165) is 31.6 Å². The number of hydrogen-bond donors (Lipinski definition) is 1. The van der Waals surface area contributed by atoms with E-state index in [9.17, 15) is 4.79 Å². The molecule has 1 unspecified atom stereocenters. The van der Waals surface area contributed by atoms with E-state index in [1.165, 1.54) is 11.3 Å². The molecule has 1 aliphatic heterocycles. The van der Waals surface area contributed by atoms with Crippen molar-refractivity contribution in [3.8, 4) is 0 Å². The first-order chi connectivity index (χ1) is 8.52. The smallest absolute Gasteiger partial charge is 0.365 e. The van der Waals surface area contributed by atoms with Crippen LogP contribution in [-0.4, -0.2) is 46.8 Å². The predicted molar refractivity (Wildman–Crippen MR) is 69.0 cm³/mol. The van der Waals surface area contributed by atoms with Gasteiger partial charge in [0.25, 0.3) is 0 Å². The zero-order chi connectivity index (χ0) is 13.2. The molecular formula is C12H18N2O3S. The van der Waals surface area contributed by atoms with Crippen LogP contribution >= 0.6 is 11.3 Å². The van der Waals surface area contributed by atoms with Gasteiger partial charge in [0.05, 0.1) is 11.3 Å². The third-order valence-corrected chi connectivity index (χ3v) is 4.23. The second-order valence-electron chi connectivity index (χ2n) is 4.92. The lowest BCUT2D eigenvalue weighted by molar-refractivity contribution is -0.0529. The molecule has 0 aliphatic carbocycles. The number of methoxy groups -OCH3 is 1. The number of aromatic carboxylic acids is 1. The Kier molecular flexibility index (Phi) is 3.99. The van der Waals surface area contributed by atoms with Crippen LogP contribution in [0.15, 0.2) is 5.38 Å². The molecule has 1 atom stereocenters. The third-order valence-electron chi connectivity index (χ3n) is 3.35. The predicted octanol–water partition coefficient (Wildman–Crippen LogP) is 1.84. The standard InChI is InChI=1S/C12H18N2O3S/c1-12(17-2)4-3-5-14(8-12)6-9-7-18-10(13-9)11(15)16/h7H,3-6,8H2,1-2H3,(H,15,16). The summed E-state index contributed by atoms with van der Waals surface area (Å²) in [5.74, 6) is -0.952. The van der Waals surface area contributed by atoms with Gasteiger partial charge in [0.1, 0.15) is 0 Å². The normalized spacial score (nSPS) is 25.2. The largest absolute Gasteiger partial charge is 0.476 e. The molecule has 0 amide bonds. The fourth-order valence-corrected chi connectivity index (χ4v) is 2.96. The minimum absolute atomic E-state index is 0.0934. The lowest BCUT2D eigenvalue weighted by atomic mass is 9.95. The highest BCUT2D eigenvalue weighted by Crippen LogP contribution is 2.25. The van der Waals surface area contributed by atoms with Crippen LogP contribution in [0, 0.1) is 0 Å². The maximum atomic E-state index is 10.8. The Morgan fingerprint density at radius 1 is 1.72 bits per heavy atom. The van der Waals surface area contributed by atoms with Gasteiger partial charge in [-0.15, -0.1) is 11.3 Å². The van der Waals surface area contributed by atoms with Crippen molar-refractivity contribution in [2.24, 2.45) is 0 Å². The monoisotopic (exact) mass is 270 g/mol. The number of thiazole rings is 1. The molecule has 0 saturated carbocycles. The Bertz CT molecular complexity index is 435. The lowest BCUT2D eigenvalue weighted by Gasteiger charge is -2.39. The number of piperidine rings is 1. The van der Waals surface area contributed by atoms with Crippen LogP contribution in [-0.2, 0) is 11.3 Å². The van der Waals surface area contributed by atoms with Crippen LogP contribution in [0.2, 0.25) is 0 Å². The van der Waals surface area contributed by atoms with Crippen molar-refractivity contribution in [1.82, 2.24) is 9.88 Å². The highest BCUT2D eigenvalue weighted by Gasteiger charge is 2.30. The van der Waals surface area contributed by atoms with Gasteiger partial charge in [0, 0.05) is 25.6 Å². The minimum atomic E-state index is -0.952. The molecule has 0 spiro atoms. The summed E-state index contributed by atoms with van der Waals surface area (Å²) in [6.07, 6.45) is 2.16. The maximum Gasteiger partial charge on any atom is 0.365 e. The molecule has 1 aromatic heterocycles. The zero-order valence-corrected chi connectivity index (χ0v) is 11.5. The second-order valence-corrected chi connectivity index (χ2v) is 5.78. The number of ether oxygens (including phenoxy) is 1. The summed E-state index contributed by atoms with van der Waals surface area (Å²) in [6.45, 7) is 4.69. The Morgan fingerprint density at radius 2 is 2.50 bits per heavy atom. The number of carboxylic acid groups (broad SMARTS) is 1. The van der Waals surface area contributed by atoms with Crippen LogP contribution in [0.5, 0.6) is 0 Å². The number of aromatic nitrogens is 1. The average Bonchev–Trinajstić information content (AvgIpc) is 2.78. The molecule has 1 saturated heterocycles. The first-order valence-corrected chi connectivity index (χ1v) is 6.85. The van der Waals surface area contributed by atoms with Gasteiger partial charge in [0.15, 0.2) is 0 Å². The van der Waals surface area contributed by atoms with Crippen LogP contribution in [0.25, 0.3) is 0 Å². The molecule has 0 radical (unpaired) electrons. The summed E-state index contributed by atoms with van der Waals surface area (Å²) in [6, 6.07) is 0. The van der Waals surface area contributed by atoms with Gasteiger partial charge in [-0.2, -0.15) is 0 Å². The molecule has 2 rings (SSSR count). The number of nitrogens with zero attached hydrogens (tertiary/aromatic N) is 2. The summed E-state index contributed by atoms with van der Waals surface area (Å²) >= 11 is 1.18. The number of likely N-dealkylation sites (tertiary alicyclic amines) is 1. The van der Waals surface area contributed by atoms with E-state index in [1.54, 1.807) is 7.11 Å². The van der Waals surface area contributed by atoms with E-state index < -0.39 is 5.97 Å². The summed E-state index contributed by atoms with van der Waals surface area (Å²) < 4.78 is 5.54. The van der Waals surface area contributed by atoms with E-state index in [1.807, 2.05) is 5.38 Å². The fraction of sp³-hybridized carbons (Fsp3) is 0.667.